The number of rotatable bonds is 7. The van der Waals surface area contributed by atoms with E-state index in [9.17, 15) is 15.3 Å². The second kappa shape index (κ2) is 9.98. The molecule has 0 radical (unpaired) electrons. The van der Waals surface area contributed by atoms with Crippen LogP contribution < -0.4 is 10.6 Å². The van der Waals surface area contributed by atoms with E-state index in [-0.39, 0.29) is 18.6 Å². The van der Waals surface area contributed by atoms with Crippen LogP contribution in [0.25, 0.3) is 20.8 Å². The summed E-state index contributed by atoms with van der Waals surface area (Å²) < 4.78 is 1.07. The lowest BCUT2D eigenvalue weighted by atomic mass is 9.76. The molecule has 0 saturated heterocycles. The topological polar surface area (TPSA) is 123 Å². The number of hydrogen-bond acceptors (Lipinski definition) is 9. The lowest BCUT2D eigenvalue weighted by Gasteiger charge is -2.36. The average Bonchev–Trinajstić information content (AvgIpc) is 3.42. The molecular weight excluding hydrogens is 486 g/mol. The van der Waals surface area contributed by atoms with Gasteiger partial charge in [0, 0.05) is 18.6 Å². The van der Waals surface area contributed by atoms with Crippen LogP contribution in [0.1, 0.15) is 36.4 Å². The molecule has 2 aromatic carbocycles. The van der Waals surface area contributed by atoms with Crippen molar-refractivity contribution in [3.05, 3.63) is 65.9 Å². The van der Waals surface area contributed by atoms with E-state index in [0.29, 0.717) is 24.1 Å². The minimum atomic E-state index is -1.01. The van der Waals surface area contributed by atoms with E-state index in [1.807, 2.05) is 37.3 Å². The molecule has 2 aliphatic carbocycles. The molecule has 0 spiro atoms. The van der Waals surface area contributed by atoms with Crippen molar-refractivity contribution in [1.29, 1.82) is 0 Å². The Morgan fingerprint density at radius 3 is 2.38 bits per heavy atom. The summed E-state index contributed by atoms with van der Waals surface area (Å²) in [7, 11) is 0. The highest BCUT2D eigenvalue weighted by Crippen LogP contribution is 2.40. The van der Waals surface area contributed by atoms with Crippen LogP contribution in [0.2, 0.25) is 0 Å². The first-order valence-corrected chi connectivity index (χ1v) is 13.6. The third-order valence-electron chi connectivity index (χ3n) is 7.70. The van der Waals surface area contributed by atoms with Gasteiger partial charge in [0.15, 0.2) is 0 Å². The predicted molar refractivity (Wildman–Crippen MR) is 146 cm³/mol. The third-order valence-corrected chi connectivity index (χ3v) is 8.75. The summed E-state index contributed by atoms with van der Waals surface area (Å²) in [5, 5.41) is 38.3. The van der Waals surface area contributed by atoms with Gasteiger partial charge in [-0.15, -0.1) is 11.3 Å². The number of fused-ring (bicyclic) bond motifs is 1. The first kappa shape index (κ1) is 24.2. The quantitative estimate of drug-likeness (QED) is 0.250. The highest BCUT2D eigenvalue weighted by Gasteiger charge is 2.41. The second-order valence-corrected chi connectivity index (χ2v) is 11.2. The Bertz CT molecular complexity index is 1360. The van der Waals surface area contributed by atoms with Gasteiger partial charge in [0.25, 0.3) is 0 Å². The highest BCUT2D eigenvalue weighted by molar-refractivity contribution is 7.21. The number of aliphatic hydroxyl groups is 3. The van der Waals surface area contributed by atoms with Crippen molar-refractivity contribution in [3.8, 4) is 10.6 Å². The van der Waals surface area contributed by atoms with Gasteiger partial charge in [-0.1, -0.05) is 42.5 Å². The summed E-state index contributed by atoms with van der Waals surface area (Å²) in [5.41, 5.74) is 3.84. The van der Waals surface area contributed by atoms with Crippen LogP contribution in [0.15, 0.2) is 54.6 Å². The van der Waals surface area contributed by atoms with Crippen molar-refractivity contribution in [2.45, 2.75) is 56.4 Å². The Kier molecular flexibility index (Phi) is 6.54. The fourth-order valence-electron chi connectivity index (χ4n) is 5.52. The largest absolute Gasteiger partial charge is 0.396 e. The summed E-state index contributed by atoms with van der Waals surface area (Å²) in [4.78, 5) is 14.5. The van der Waals surface area contributed by atoms with Gasteiger partial charge in [-0.2, -0.15) is 4.98 Å². The van der Waals surface area contributed by atoms with Gasteiger partial charge in [-0.3, -0.25) is 0 Å². The van der Waals surface area contributed by atoms with E-state index in [1.54, 1.807) is 11.3 Å². The zero-order chi connectivity index (χ0) is 25.5. The number of aromatic nitrogens is 3. The molecule has 5 N–H and O–H groups in total. The number of benzene rings is 2. The lowest BCUT2D eigenvalue weighted by molar-refractivity contribution is 0.00446. The highest BCUT2D eigenvalue weighted by atomic mass is 32.1. The Morgan fingerprint density at radius 1 is 0.892 bits per heavy atom. The molecule has 2 aliphatic rings. The number of hydrogen-bond donors (Lipinski definition) is 5. The van der Waals surface area contributed by atoms with Gasteiger partial charge in [0.2, 0.25) is 5.95 Å². The zero-order valence-electron chi connectivity index (χ0n) is 20.6. The summed E-state index contributed by atoms with van der Waals surface area (Å²) in [5.74, 6) is 1.25. The molecule has 9 heteroatoms. The molecule has 6 rings (SSSR count). The first-order chi connectivity index (χ1) is 18.0. The summed E-state index contributed by atoms with van der Waals surface area (Å²) in [6.07, 6.45) is 0.468. The number of anilines is 2. The molecule has 1 unspecified atom stereocenters. The van der Waals surface area contributed by atoms with Crippen molar-refractivity contribution in [2.24, 2.45) is 5.92 Å². The number of nitrogens with zero attached hydrogens (tertiary/aromatic N) is 3. The molecule has 4 aromatic rings. The van der Waals surface area contributed by atoms with Crippen molar-refractivity contribution < 1.29 is 15.3 Å². The van der Waals surface area contributed by atoms with Crippen LogP contribution in [-0.2, 0) is 0 Å². The normalized spacial score (nSPS) is 27.2. The Morgan fingerprint density at radius 2 is 1.65 bits per heavy atom. The maximum absolute atomic E-state index is 10.7. The van der Waals surface area contributed by atoms with Crippen LogP contribution >= 0.6 is 11.3 Å². The molecule has 0 aliphatic heterocycles. The number of thiazole rings is 1. The summed E-state index contributed by atoms with van der Waals surface area (Å²) in [6, 6.07) is 18.4. The van der Waals surface area contributed by atoms with Crippen molar-refractivity contribution in [3.63, 3.8) is 0 Å². The Labute approximate surface area is 219 Å². The third kappa shape index (κ3) is 4.68. The van der Waals surface area contributed by atoms with Gasteiger partial charge in [-0.05, 0) is 49.8 Å². The number of para-hydroxylation sites is 1. The predicted octanol–water partition coefficient (Wildman–Crippen LogP) is 3.93. The maximum atomic E-state index is 10.7. The molecule has 2 heterocycles. The van der Waals surface area contributed by atoms with Gasteiger partial charge >= 0.3 is 0 Å². The molecule has 192 valence electrons. The van der Waals surface area contributed by atoms with Crippen molar-refractivity contribution >= 4 is 33.3 Å². The molecule has 2 aromatic heterocycles. The van der Waals surface area contributed by atoms with Crippen molar-refractivity contribution in [2.75, 3.05) is 17.2 Å². The first-order valence-electron chi connectivity index (χ1n) is 12.8. The van der Waals surface area contributed by atoms with Crippen LogP contribution in [0.5, 0.6) is 0 Å². The molecule has 4 atom stereocenters. The molecule has 2 saturated carbocycles. The van der Waals surface area contributed by atoms with Gasteiger partial charge in [-0.25, -0.2) is 9.97 Å². The monoisotopic (exact) mass is 517 g/mol. The lowest BCUT2D eigenvalue weighted by Crippen LogP contribution is -2.36. The molecule has 8 nitrogen and oxygen atoms in total. The van der Waals surface area contributed by atoms with E-state index in [2.05, 4.69) is 34.9 Å². The Balaban J connectivity index is 1.30. The van der Waals surface area contributed by atoms with Gasteiger partial charge in [0.05, 0.1) is 33.6 Å². The number of aryl methyl sites for hydroxylation is 1. The van der Waals surface area contributed by atoms with Crippen LogP contribution in [0.3, 0.4) is 0 Å². The molecule has 2 fully saturated rings. The standard InChI is InChI=1S/C28H31N5O3S/c1-15-23(27-32-20-9-5-6-10-22(20)37-27)26(31-21-13-18(14-34)24(35)25(21)36)33-28(29-15)30-19-11-17(12-19)16-7-3-2-4-8-16/h2-10,17-19,21,24-25,34-36H,11-14H2,1H3,(H2,29,30,31,33)/t17-,18-,19+,21?,24-,25+/m1/s1. The zero-order valence-corrected chi connectivity index (χ0v) is 21.4. The minimum Gasteiger partial charge on any atom is -0.396 e. The van der Waals surface area contributed by atoms with Gasteiger partial charge < -0.3 is 26.0 Å². The van der Waals surface area contributed by atoms with E-state index in [1.165, 1.54) is 5.56 Å². The van der Waals surface area contributed by atoms with E-state index >= 15 is 0 Å². The number of aliphatic hydroxyl groups excluding tert-OH is 3. The minimum absolute atomic E-state index is 0.180. The fourth-order valence-corrected chi connectivity index (χ4v) is 6.58. The van der Waals surface area contributed by atoms with Crippen LogP contribution in [0, 0.1) is 12.8 Å². The van der Waals surface area contributed by atoms with Crippen LogP contribution in [0.4, 0.5) is 11.8 Å². The average molecular weight is 518 g/mol. The number of nitrogens with one attached hydrogen (secondary N) is 2. The summed E-state index contributed by atoms with van der Waals surface area (Å²) in [6.45, 7) is 1.77. The summed E-state index contributed by atoms with van der Waals surface area (Å²) >= 11 is 1.57. The van der Waals surface area contributed by atoms with E-state index < -0.39 is 18.2 Å². The molecular formula is C28H31N5O3S. The molecule has 37 heavy (non-hydrogen) atoms. The molecule has 0 bridgehead atoms. The maximum Gasteiger partial charge on any atom is 0.225 e. The SMILES string of the molecule is Cc1nc(N[C@H]2C[C@@H](c3ccccc3)C2)nc(NC2C[C@H](CO)[C@@H](O)[C@H]2O)c1-c1nc2ccccc2s1. The second-order valence-electron chi connectivity index (χ2n) is 10.2. The smallest absolute Gasteiger partial charge is 0.225 e. The van der Waals surface area contributed by atoms with Crippen molar-refractivity contribution in [1.82, 2.24) is 15.0 Å². The van der Waals surface area contributed by atoms with E-state index in [4.69, 9.17) is 15.0 Å². The fraction of sp³-hybridized carbons (Fsp3) is 0.393. The van der Waals surface area contributed by atoms with Crippen LogP contribution in [-0.4, -0.2) is 61.2 Å². The molecule has 0 amide bonds. The van der Waals surface area contributed by atoms with E-state index in [0.717, 1.165) is 39.3 Å². The Hall–Kier alpha value is -3.11. The van der Waals surface area contributed by atoms with Gasteiger partial charge in [0.1, 0.15) is 16.9 Å².